The zero-order chi connectivity index (χ0) is 23.1. The van der Waals surface area contributed by atoms with Crippen LogP contribution in [0.15, 0.2) is 43.0 Å². The number of halogens is 2. The Kier molecular flexibility index (Phi) is 5.55. The quantitative estimate of drug-likeness (QED) is 0.424. The van der Waals surface area contributed by atoms with Gasteiger partial charge in [-0.2, -0.15) is 10.2 Å². The maximum absolute atomic E-state index is 13.9. The van der Waals surface area contributed by atoms with Gasteiger partial charge in [-0.15, -0.1) is 0 Å². The highest BCUT2D eigenvalue weighted by atomic mass is 19.3. The van der Waals surface area contributed by atoms with E-state index in [1.165, 1.54) is 16.8 Å². The molecule has 0 saturated heterocycles. The normalized spacial score (nSPS) is 19.1. The molecule has 4 aromatic rings. The molecule has 1 N–H and O–H groups in total. The molecule has 0 unspecified atom stereocenters. The standard InChI is InChI=1S/C24H26F2N6O/c1-14(2)15-4-6-17(7-5-15)32-13-16-10-21(18(22(25)26)11-20(16)30-32)29-24(33)19-12-28-31-9-3-8-27-23(19)31/h3,8-15,17,22H,4-7H2,1-2H3,(H,29,33)/t15-,17-. The minimum Gasteiger partial charge on any atom is -0.321 e. The van der Waals surface area contributed by atoms with E-state index in [-0.39, 0.29) is 22.9 Å². The second kappa shape index (κ2) is 8.53. The summed E-state index contributed by atoms with van der Waals surface area (Å²) in [5.74, 6) is 0.864. The summed E-state index contributed by atoms with van der Waals surface area (Å²) in [5, 5.41) is 12.1. The molecule has 9 heteroatoms. The van der Waals surface area contributed by atoms with Gasteiger partial charge in [0.1, 0.15) is 5.56 Å². The van der Waals surface area contributed by atoms with Crippen LogP contribution in [0.2, 0.25) is 0 Å². The number of benzene rings is 1. The van der Waals surface area contributed by atoms with Gasteiger partial charge < -0.3 is 5.32 Å². The minimum absolute atomic E-state index is 0.0702. The van der Waals surface area contributed by atoms with Gasteiger partial charge in [0.25, 0.3) is 12.3 Å². The van der Waals surface area contributed by atoms with E-state index < -0.39 is 12.3 Å². The molecule has 0 radical (unpaired) electrons. The second-order valence-electron chi connectivity index (χ2n) is 9.12. The van der Waals surface area contributed by atoms with Gasteiger partial charge in [-0.25, -0.2) is 18.3 Å². The summed E-state index contributed by atoms with van der Waals surface area (Å²) in [6.07, 6.45) is 8.10. The summed E-state index contributed by atoms with van der Waals surface area (Å²) in [7, 11) is 0. The molecule has 7 nitrogen and oxygen atoms in total. The molecule has 5 rings (SSSR count). The Morgan fingerprint density at radius 3 is 2.70 bits per heavy atom. The van der Waals surface area contributed by atoms with Crippen molar-refractivity contribution in [1.29, 1.82) is 0 Å². The molecule has 33 heavy (non-hydrogen) atoms. The molecule has 1 aromatic carbocycles. The van der Waals surface area contributed by atoms with E-state index in [0.717, 1.165) is 37.0 Å². The monoisotopic (exact) mass is 452 g/mol. The van der Waals surface area contributed by atoms with E-state index in [9.17, 15) is 13.6 Å². The molecule has 0 aliphatic heterocycles. The van der Waals surface area contributed by atoms with Crippen LogP contribution in [-0.2, 0) is 0 Å². The van der Waals surface area contributed by atoms with Gasteiger partial charge in [0.15, 0.2) is 5.65 Å². The molecule has 0 atom stereocenters. The van der Waals surface area contributed by atoms with Gasteiger partial charge in [-0.05, 0) is 55.7 Å². The Hall–Kier alpha value is -3.36. The van der Waals surface area contributed by atoms with E-state index >= 15 is 0 Å². The highest BCUT2D eigenvalue weighted by Crippen LogP contribution is 2.37. The van der Waals surface area contributed by atoms with Crippen molar-refractivity contribution in [2.45, 2.75) is 52.0 Å². The predicted octanol–water partition coefficient (Wildman–Crippen LogP) is 5.66. The van der Waals surface area contributed by atoms with E-state index in [0.29, 0.717) is 17.1 Å². The van der Waals surface area contributed by atoms with Gasteiger partial charge >= 0.3 is 0 Å². The van der Waals surface area contributed by atoms with Crippen LogP contribution in [0.1, 0.15) is 67.9 Å². The summed E-state index contributed by atoms with van der Waals surface area (Å²) in [6, 6.07) is 4.92. The average Bonchev–Trinajstić information content (AvgIpc) is 3.42. The molecule has 172 valence electrons. The molecule has 1 amide bonds. The number of amides is 1. The van der Waals surface area contributed by atoms with Crippen molar-refractivity contribution in [3.8, 4) is 0 Å². The van der Waals surface area contributed by atoms with Crippen molar-refractivity contribution >= 4 is 28.1 Å². The fraction of sp³-hybridized carbons (Fsp3) is 0.417. The zero-order valence-electron chi connectivity index (χ0n) is 18.6. The lowest BCUT2D eigenvalue weighted by molar-refractivity contribution is 0.102. The summed E-state index contributed by atoms with van der Waals surface area (Å²) >= 11 is 0. The van der Waals surface area contributed by atoms with Gasteiger partial charge in [0.05, 0.1) is 23.4 Å². The third-order valence-corrected chi connectivity index (χ3v) is 6.76. The Morgan fingerprint density at radius 1 is 1.18 bits per heavy atom. The number of rotatable bonds is 5. The first-order valence-corrected chi connectivity index (χ1v) is 11.3. The van der Waals surface area contributed by atoms with Gasteiger partial charge in [0, 0.05) is 29.5 Å². The van der Waals surface area contributed by atoms with Crippen LogP contribution in [0, 0.1) is 11.8 Å². The van der Waals surface area contributed by atoms with Crippen molar-refractivity contribution in [3.63, 3.8) is 0 Å². The number of carbonyl (C=O) groups excluding carboxylic acids is 1. The van der Waals surface area contributed by atoms with Crippen molar-refractivity contribution in [3.05, 3.63) is 54.1 Å². The van der Waals surface area contributed by atoms with Crippen molar-refractivity contribution in [2.75, 3.05) is 5.32 Å². The Balaban J connectivity index is 1.43. The number of alkyl halides is 2. The molecule has 1 aliphatic rings. The lowest BCUT2D eigenvalue weighted by atomic mass is 9.80. The number of fused-ring (bicyclic) bond motifs is 2. The summed E-state index contributed by atoms with van der Waals surface area (Å²) in [4.78, 5) is 17.0. The molecule has 1 aliphatic carbocycles. The Labute approximate surface area is 189 Å². The van der Waals surface area contributed by atoms with Crippen molar-refractivity contribution in [1.82, 2.24) is 24.4 Å². The lowest BCUT2D eigenvalue weighted by Gasteiger charge is -2.30. The number of anilines is 1. The third-order valence-electron chi connectivity index (χ3n) is 6.76. The van der Waals surface area contributed by atoms with Crippen LogP contribution in [0.5, 0.6) is 0 Å². The number of hydrogen-bond donors (Lipinski definition) is 1. The van der Waals surface area contributed by atoms with Gasteiger partial charge in [0.2, 0.25) is 0 Å². The smallest absolute Gasteiger partial charge is 0.265 e. The van der Waals surface area contributed by atoms with Crippen LogP contribution in [0.4, 0.5) is 14.5 Å². The molecule has 1 saturated carbocycles. The largest absolute Gasteiger partial charge is 0.321 e. The van der Waals surface area contributed by atoms with E-state index in [2.05, 4.69) is 34.3 Å². The van der Waals surface area contributed by atoms with E-state index in [4.69, 9.17) is 0 Å². The maximum atomic E-state index is 13.9. The van der Waals surface area contributed by atoms with Crippen LogP contribution in [0.25, 0.3) is 16.6 Å². The van der Waals surface area contributed by atoms with E-state index in [1.807, 2.05) is 10.9 Å². The average molecular weight is 453 g/mol. The molecular formula is C24H26F2N6O. The van der Waals surface area contributed by atoms with Crippen molar-refractivity contribution < 1.29 is 13.6 Å². The molecule has 1 fully saturated rings. The third kappa shape index (κ3) is 4.07. The number of aromatic nitrogens is 5. The highest BCUT2D eigenvalue weighted by Gasteiger charge is 2.26. The number of hydrogen-bond acceptors (Lipinski definition) is 4. The molecule has 3 aromatic heterocycles. The first-order chi connectivity index (χ1) is 15.9. The molecule has 0 bridgehead atoms. The first-order valence-electron chi connectivity index (χ1n) is 11.3. The molecular weight excluding hydrogens is 426 g/mol. The fourth-order valence-corrected chi connectivity index (χ4v) is 4.79. The van der Waals surface area contributed by atoms with Gasteiger partial charge in [-0.1, -0.05) is 13.8 Å². The van der Waals surface area contributed by atoms with Crippen LogP contribution in [0.3, 0.4) is 0 Å². The summed E-state index contributed by atoms with van der Waals surface area (Å²) in [6.45, 7) is 4.52. The second-order valence-corrected chi connectivity index (χ2v) is 9.12. The lowest BCUT2D eigenvalue weighted by Crippen LogP contribution is -2.21. The first kappa shape index (κ1) is 21.5. The van der Waals surface area contributed by atoms with Crippen LogP contribution in [-0.4, -0.2) is 30.3 Å². The number of carbonyl (C=O) groups is 1. The topological polar surface area (TPSA) is 77.1 Å². The zero-order valence-corrected chi connectivity index (χ0v) is 18.6. The maximum Gasteiger partial charge on any atom is 0.265 e. The van der Waals surface area contributed by atoms with Crippen molar-refractivity contribution in [2.24, 2.45) is 11.8 Å². The number of nitrogens with zero attached hydrogens (tertiary/aromatic N) is 5. The number of nitrogens with one attached hydrogen (secondary N) is 1. The van der Waals surface area contributed by atoms with Crippen LogP contribution < -0.4 is 5.32 Å². The highest BCUT2D eigenvalue weighted by molar-refractivity contribution is 6.09. The predicted molar refractivity (Wildman–Crippen MR) is 121 cm³/mol. The Morgan fingerprint density at radius 2 is 1.97 bits per heavy atom. The summed E-state index contributed by atoms with van der Waals surface area (Å²) < 4.78 is 31.1. The minimum atomic E-state index is -2.75. The van der Waals surface area contributed by atoms with Gasteiger partial charge in [-0.3, -0.25) is 9.48 Å². The SMILES string of the molecule is CC(C)[C@H]1CC[C@H](n2cc3cc(NC(=O)c4cnn5cccnc45)c(C(F)F)cc3n2)CC1. The van der Waals surface area contributed by atoms with E-state index in [1.54, 1.807) is 24.5 Å². The molecule has 3 heterocycles. The Bertz CT molecular complexity index is 1300. The fourth-order valence-electron chi connectivity index (χ4n) is 4.79. The summed E-state index contributed by atoms with van der Waals surface area (Å²) in [5.41, 5.74) is 0.898. The van der Waals surface area contributed by atoms with Crippen LogP contribution >= 0.6 is 0 Å². The molecule has 0 spiro atoms.